The lowest BCUT2D eigenvalue weighted by Crippen LogP contribution is -2.67. The third kappa shape index (κ3) is 9.16. The zero-order valence-corrected chi connectivity index (χ0v) is 24.8. The van der Waals surface area contributed by atoms with Crippen LogP contribution in [-0.2, 0) is 22.8 Å². The van der Waals surface area contributed by atoms with E-state index in [0.29, 0.717) is 32.7 Å². The summed E-state index contributed by atoms with van der Waals surface area (Å²) in [5, 5.41) is 0. The van der Waals surface area contributed by atoms with Crippen LogP contribution in [0.2, 0.25) is 44.8 Å². The van der Waals surface area contributed by atoms with E-state index in [2.05, 4.69) is 52.8 Å². The SMILES string of the molecule is C=C(C)C(=O)OC([Si][Si](C)(C)OC)([Si][Si](C)(C)OC)C(C)[Si][Si](C)(C)OC. The highest BCUT2D eigenvalue weighted by Crippen LogP contribution is 2.33. The molecule has 0 spiro atoms. The Labute approximate surface area is 176 Å². The summed E-state index contributed by atoms with van der Waals surface area (Å²) in [6.45, 7) is 20.9. The zero-order chi connectivity index (χ0) is 21.7. The van der Waals surface area contributed by atoms with Gasteiger partial charge in [0.25, 0.3) is 0 Å². The molecule has 0 saturated heterocycles. The minimum absolute atomic E-state index is 0.183. The molecule has 0 aromatic rings. The molecule has 11 heteroatoms. The van der Waals surface area contributed by atoms with Crippen molar-refractivity contribution >= 4 is 56.6 Å². The number of esters is 1. The van der Waals surface area contributed by atoms with E-state index in [-0.39, 0.29) is 11.5 Å². The predicted molar refractivity (Wildman–Crippen MR) is 124 cm³/mol. The molecular formula is C16H36O5Si6. The lowest BCUT2D eigenvalue weighted by atomic mass is 10.3. The van der Waals surface area contributed by atoms with Crippen molar-refractivity contribution in [3.8, 4) is 0 Å². The van der Waals surface area contributed by atoms with Gasteiger partial charge in [0.05, 0.1) is 13.9 Å². The Morgan fingerprint density at radius 2 is 1.26 bits per heavy atom. The smallest absolute Gasteiger partial charge is 0.332 e. The second-order valence-electron chi connectivity index (χ2n) is 8.16. The highest BCUT2D eigenvalue weighted by Gasteiger charge is 2.52. The fourth-order valence-electron chi connectivity index (χ4n) is 2.30. The maximum atomic E-state index is 12.7. The van der Waals surface area contributed by atoms with Gasteiger partial charge in [-0.25, -0.2) is 4.79 Å². The first-order chi connectivity index (χ1) is 12.1. The van der Waals surface area contributed by atoms with Crippen LogP contribution in [0.5, 0.6) is 0 Å². The topological polar surface area (TPSA) is 54.0 Å². The Kier molecular flexibility index (Phi) is 10.6. The van der Waals surface area contributed by atoms with E-state index >= 15 is 0 Å². The number of rotatable bonds is 12. The molecule has 0 heterocycles. The normalized spacial score (nSPS) is 14.8. The molecule has 1 atom stereocenters. The van der Waals surface area contributed by atoms with Gasteiger partial charge in [0.2, 0.25) is 0 Å². The average molecular weight is 477 g/mol. The van der Waals surface area contributed by atoms with Gasteiger partial charge < -0.3 is 18.0 Å². The molecule has 1 unspecified atom stereocenters. The number of hydrogen-bond donors (Lipinski definition) is 0. The summed E-state index contributed by atoms with van der Waals surface area (Å²) in [6, 6.07) is 0. The quantitative estimate of drug-likeness (QED) is 0.246. The second kappa shape index (κ2) is 10.4. The third-order valence-corrected chi connectivity index (χ3v) is 25.8. The summed E-state index contributed by atoms with van der Waals surface area (Å²) < 4.78 is 23.9. The molecule has 154 valence electrons. The number of carbonyl (C=O) groups is 1. The van der Waals surface area contributed by atoms with Crippen molar-refractivity contribution in [2.45, 2.75) is 63.5 Å². The summed E-state index contributed by atoms with van der Waals surface area (Å²) in [5.41, 5.74) is 0.615. The Balaban J connectivity index is 6.26. The van der Waals surface area contributed by atoms with E-state index in [0.717, 1.165) is 0 Å². The first kappa shape index (κ1) is 27.4. The van der Waals surface area contributed by atoms with Crippen molar-refractivity contribution < 1.29 is 22.8 Å². The van der Waals surface area contributed by atoms with Crippen molar-refractivity contribution in [2.75, 3.05) is 21.3 Å². The Bertz CT molecular complexity index is 505. The van der Waals surface area contributed by atoms with E-state index in [9.17, 15) is 4.79 Å². The van der Waals surface area contributed by atoms with E-state index in [1.807, 2.05) is 0 Å². The highest BCUT2D eigenvalue weighted by molar-refractivity contribution is 7.31. The lowest BCUT2D eigenvalue weighted by Gasteiger charge is -2.45. The molecule has 0 aliphatic heterocycles. The molecule has 0 saturated carbocycles. The van der Waals surface area contributed by atoms with Crippen molar-refractivity contribution in [2.24, 2.45) is 0 Å². The maximum Gasteiger partial charge on any atom is 0.332 e. The van der Waals surface area contributed by atoms with Gasteiger partial charge in [-0.2, -0.15) is 0 Å². The fraction of sp³-hybridized carbons (Fsp3) is 0.812. The van der Waals surface area contributed by atoms with Crippen LogP contribution in [0.4, 0.5) is 0 Å². The minimum Gasteiger partial charge on any atom is -0.465 e. The summed E-state index contributed by atoms with van der Waals surface area (Å²) >= 11 is 0. The molecule has 0 aromatic heterocycles. The molecule has 0 amide bonds. The molecule has 0 bridgehead atoms. The van der Waals surface area contributed by atoms with Crippen LogP contribution in [0.3, 0.4) is 0 Å². The van der Waals surface area contributed by atoms with E-state index in [4.69, 9.17) is 18.0 Å². The number of hydrogen-bond acceptors (Lipinski definition) is 5. The van der Waals surface area contributed by atoms with Gasteiger partial charge in [-0.05, 0) is 51.7 Å². The summed E-state index contributed by atoms with van der Waals surface area (Å²) in [7, 11) is 0.959. The molecular weight excluding hydrogens is 441 g/mol. The molecule has 0 aromatic carbocycles. The molecule has 27 heavy (non-hydrogen) atoms. The minimum atomic E-state index is -2.00. The van der Waals surface area contributed by atoms with Crippen LogP contribution in [0.25, 0.3) is 0 Å². The van der Waals surface area contributed by atoms with E-state index in [1.165, 1.54) is 0 Å². The Hall–Kier alpha value is 0.391. The first-order valence-electron chi connectivity index (χ1n) is 8.96. The average Bonchev–Trinajstić information content (AvgIpc) is 2.53. The predicted octanol–water partition coefficient (Wildman–Crippen LogP) is 2.73. The standard InChI is InChI=1S/C16H36O5Si6/c1-13(2)15(17)21-16(23-26(9,10)19-5,24-27(11,12)20-6)14(3)22-25(7,8)18-4/h14H,1H2,2-12H3. The van der Waals surface area contributed by atoms with Crippen LogP contribution in [0.15, 0.2) is 12.2 Å². The summed E-state index contributed by atoms with van der Waals surface area (Å²) in [4.78, 5) is 12.1. The fourth-order valence-corrected chi connectivity index (χ4v) is 28.6. The van der Waals surface area contributed by atoms with Gasteiger partial charge in [-0.15, -0.1) is 0 Å². The van der Waals surface area contributed by atoms with Crippen molar-refractivity contribution in [3.05, 3.63) is 12.2 Å². The maximum absolute atomic E-state index is 12.7. The van der Waals surface area contributed by atoms with Gasteiger partial charge in [0.15, 0.2) is 23.5 Å². The largest absolute Gasteiger partial charge is 0.465 e. The monoisotopic (exact) mass is 476 g/mol. The molecule has 0 rings (SSSR count). The molecule has 0 N–H and O–H groups in total. The van der Waals surface area contributed by atoms with Gasteiger partial charge >= 0.3 is 5.97 Å². The van der Waals surface area contributed by atoms with E-state index in [1.54, 1.807) is 28.3 Å². The van der Waals surface area contributed by atoms with Crippen molar-refractivity contribution in [1.29, 1.82) is 0 Å². The van der Waals surface area contributed by atoms with E-state index < -0.39 is 28.4 Å². The zero-order valence-electron chi connectivity index (χ0n) is 18.8. The van der Waals surface area contributed by atoms with Crippen LogP contribution in [0.1, 0.15) is 13.8 Å². The van der Waals surface area contributed by atoms with Gasteiger partial charge in [-0.1, -0.05) is 13.5 Å². The Morgan fingerprint density at radius 1 is 0.889 bits per heavy atom. The van der Waals surface area contributed by atoms with Gasteiger partial charge in [0, 0.05) is 26.9 Å². The van der Waals surface area contributed by atoms with Gasteiger partial charge in [-0.3, -0.25) is 0 Å². The summed E-state index contributed by atoms with van der Waals surface area (Å²) in [5.74, 6) is -0.314. The lowest BCUT2D eigenvalue weighted by molar-refractivity contribution is -0.143. The van der Waals surface area contributed by atoms with Crippen LogP contribution >= 0.6 is 0 Å². The number of carbonyl (C=O) groups excluding carboxylic acids is 1. The van der Waals surface area contributed by atoms with Crippen molar-refractivity contribution in [3.63, 3.8) is 0 Å². The summed E-state index contributed by atoms with van der Waals surface area (Å²) in [6.07, 6.45) is 0. The first-order valence-corrected chi connectivity index (χ1v) is 23.8. The molecule has 6 radical (unpaired) electrons. The molecule has 0 aliphatic rings. The second-order valence-corrected chi connectivity index (χ2v) is 35.3. The molecule has 0 aliphatic carbocycles. The number of ether oxygens (including phenoxy) is 1. The van der Waals surface area contributed by atoms with Crippen LogP contribution in [-0.4, -0.2) is 82.8 Å². The molecule has 5 nitrogen and oxygen atoms in total. The Morgan fingerprint density at radius 3 is 1.56 bits per heavy atom. The van der Waals surface area contributed by atoms with Crippen LogP contribution < -0.4 is 0 Å². The third-order valence-electron chi connectivity index (χ3n) is 4.28. The van der Waals surface area contributed by atoms with Crippen molar-refractivity contribution in [1.82, 2.24) is 0 Å². The van der Waals surface area contributed by atoms with Crippen LogP contribution in [0, 0.1) is 0 Å². The molecule has 0 fully saturated rings. The highest BCUT2D eigenvalue weighted by atomic mass is 29.2. The van der Waals surface area contributed by atoms with Gasteiger partial charge in [0.1, 0.15) is 18.1 Å².